The van der Waals surface area contributed by atoms with Crippen molar-refractivity contribution in [3.8, 4) is 11.5 Å². The van der Waals surface area contributed by atoms with Gasteiger partial charge in [0.05, 0.1) is 12.0 Å². The molecule has 2 amide bonds. The van der Waals surface area contributed by atoms with Gasteiger partial charge in [0, 0.05) is 24.7 Å². The van der Waals surface area contributed by atoms with Gasteiger partial charge in [0.15, 0.2) is 11.5 Å². The highest BCUT2D eigenvalue weighted by molar-refractivity contribution is 6.00. The predicted molar refractivity (Wildman–Crippen MR) is 96.0 cm³/mol. The minimum atomic E-state index is -0.362. The number of carbonyl (C=O) groups excluding carboxylic acids is 2. The monoisotopic (exact) mass is 352 g/mol. The summed E-state index contributed by atoms with van der Waals surface area (Å²) in [7, 11) is 0. The van der Waals surface area contributed by atoms with Crippen molar-refractivity contribution in [3.63, 3.8) is 0 Å². The number of benzene rings is 2. The molecule has 0 aromatic heterocycles. The molecule has 0 aliphatic carbocycles. The first-order valence-electron chi connectivity index (χ1n) is 8.67. The smallest absolute Gasteiger partial charge is 0.231 e. The van der Waals surface area contributed by atoms with E-state index < -0.39 is 0 Å². The average Bonchev–Trinajstić information content (AvgIpc) is 3.28. The van der Waals surface area contributed by atoms with Crippen LogP contribution in [0.1, 0.15) is 24.9 Å². The molecule has 6 heteroatoms. The first-order valence-corrected chi connectivity index (χ1v) is 8.67. The molecule has 6 nitrogen and oxygen atoms in total. The average molecular weight is 352 g/mol. The second-order valence-electron chi connectivity index (χ2n) is 6.58. The summed E-state index contributed by atoms with van der Waals surface area (Å²) < 4.78 is 10.7. The number of fused-ring (bicyclic) bond motifs is 1. The van der Waals surface area contributed by atoms with Crippen LogP contribution < -0.4 is 19.7 Å². The normalized spacial score (nSPS) is 19.5. The lowest BCUT2D eigenvalue weighted by molar-refractivity contribution is -0.126. The minimum absolute atomic E-state index is 0.0589. The molecule has 1 N–H and O–H groups in total. The lowest BCUT2D eigenvalue weighted by atomic mass is 10.1. The Kier molecular flexibility index (Phi) is 4.24. The van der Waals surface area contributed by atoms with Crippen LogP contribution in [0.3, 0.4) is 0 Å². The van der Waals surface area contributed by atoms with E-state index in [0.717, 1.165) is 11.3 Å². The molecule has 134 valence electrons. The maximum Gasteiger partial charge on any atom is 0.231 e. The standard InChI is InChI=1S/C20H20N2O4/c1-13(14-5-3-2-4-6-14)21-20(24)15-9-19(23)22(11-15)16-7-8-17-18(10-16)26-12-25-17/h2-8,10,13,15H,9,11-12H2,1H3,(H,21,24). The number of hydrogen-bond acceptors (Lipinski definition) is 4. The minimum Gasteiger partial charge on any atom is -0.454 e. The Hall–Kier alpha value is -3.02. The van der Waals surface area contributed by atoms with E-state index in [1.165, 1.54) is 0 Å². The highest BCUT2D eigenvalue weighted by Gasteiger charge is 2.36. The topological polar surface area (TPSA) is 67.9 Å². The number of ether oxygens (including phenoxy) is 2. The first-order chi connectivity index (χ1) is 12.6. The van der Waals surface area contributed by atoms with E-state index in [1.54, 1.807) is 17.0 Å². The third kappa shape index (κ3) is 3.10. The Labute approximate surface area is 151 Å². The van der Waals surface area contributed by atoms with Gasteiger partial charge in [0.2, 0.25) is 18.6 Å². The van der Waals surface area contributed by atoms with Crippen molar-refractivity contribution >= 4 is 17.5 Å². The highest BCUT2D eigenvalue weighted by atomic mass is 16.7. The Morgan fingerprint density at radius 1 is 1.15 bits per heavy atom. The van der Waals surface area contributed by atoms with Crippen LogP contribution in [0.5, 0.6) is 11.5 Å². The summed E-state index contributed by atoms with van der Waals surface area (Å²) in [5.41, 5.74) is 1.77. The molecule has 0 radical (unpaired) electrons. The molecule has 2 unspecified atom stereocenters. The van der Waals surface area contributed by atoms with Crippen LogP contribution in [0, 0.1) is 5.92 Å². The Balaban J connectivity index is 1.43. The van der Waals surface area contributed by atoms with Crippen molar-refractivity contribution in [1.29, 1.82) is 0 Å². The van der Waals surface area contributed by atoms with Gasteiger partial charge in [-0.3, -0.25) is 9.59 Å². The van der Waals surface area contributed by atoms with Gasteiger partial charge >= 0.3 is 0 Å². The SMILES string of the molecule is CC(NC(=O)C1CC(=O)N(c2ccc3c(c2)OCO3)C1)c1ccccc1. The lowest BCUT2D eigenvalue weighted by Gasteiger charge is -2.19. The van der Waals surface area contributed by atoms with E-state index in [4.69, 9.17) is 9.47 Å². The number of nitrogens with zero attached hydrogens (tertiary/aromatic N) is 1. The van der Waals surface area contributed by atoms with Gasteiger partial charge in [0.1, 0.15) is 0 Å². The molecular formula is C20H20N2O4. The van der Waals surface area contributed by atoms with E-state index in [0.29, 0.717) is 18.0 Å². The van der Waals surface area contributed by atoms with Gasteiger partial charge in [-0.25, -0.2) is 0 Å². The maximum atomic E-state index is 12.6. The van der Waals surface area contributed by atoms with Crippen molar-refractivity contribution in [2.45, 2.75) is 19.4 Å². The molecule has 1 saturated heterocycles. The highest BCUT2D eigenvalue weighted by Crippen LogP contribution is 2.37. The van der Waals surface area contributed by atoms with Gasteiger partial charge in [-0.05, 0) is 24.6 Å². The summed E-state index contributed by atoms with van der Waals surface area (Å²) in [6.07, 6.45) is 0.210. The fourth-order valence-corrected chi connectivity index (χ4v) is 3.34. The van der Waals surface area contributed by atoms with Crippen LogP contribution >= 0.6 is 0 Å². The maximum absolute atomic E-state index is 12.6. The molecule has 1 fully saturated rings. The summed E-state index contributed by atoms with van der Waals surface area (Å²) in [5, 5.41) is 3.01. The van der Waals surface area contributed by atoms with Crippen molar-refractivity contribution in [2.24, 2.45) is 5.92 Å². The fourth-order valence-electron chi connectivity index (χ4n) is 3.34. The van der Waals surface area contributed by atoms with Crippen LogP contribution in [0.4, 0.5) is 5.69 Å². The van der Waals surface area contributed by atoms with E-state index in [1.807, 2.05) is 43.3 Å². The van der Waals surface area contributed by atoms with Crippen molar-refractivity contribution in [2.75, 3.05) is 18.2 Å². The zero-order chi connectivity index (χ0) is 18.1. The molecule has 4 rings (SSSR count). The third-order valence-corrected chi connectivity index (χ3v) is 4.82. The molecule has 0 bridgehead atoms. The van der Waals surface area contributed by atoms with Crippen molar-refractivity contribution in [3.05, 3.63) is 54.1 Å². The van der Waals surface area contributed by atoms with E-state index in [9.17, 15) is 9.59 Å². The van der Waals surface area contributed by atoms with Crippen LogP contribution in [0.25, 0.3) is 0 Å². The molecule has 2 aliphatic heterocycles. The van der Waals surface area contributed by atoms with Crippen LogP contribution in [0.15, 0.2) is 48.5 Å². The Morgan fingerprint density at radius 2 is 1.92 bits per heavy atom. The number of anilines is 1. The van der Waals surface area contributed by atoms with Gasteiger partial charge in [0.25, 0.3) is 0 Å². The summed E-state index contributed by atoms with van der Waals surface area (Å²) in [5.74, 6) is 0.778. The van der Waals surface area contributed by atoms with E-state index in [2.05, 4.69) is 5.32 Å². The molecular weight excluding hydrogens is 332 g/mol. The summed E-state index contributed by atoms with van der Waals surface area (Å²) in [4.78, 5) is 26.7. The summed E-state index contributed by atoms with van der Waals surface area (Å²) in [6.45, 7) is 2.50. The second-order valence-corrected chi connectivity index (χ2v) is 6.58. The van der Waals surface area contributed by atoms with Gasteiger partial charge in [-0.15, -0.1) is 0 Å². The number of carbonyl (C=O) groups is 2. The van der Waals surface area contributed by atoms with Crippen LogP contribution in [-0.2, 0) is 9.59 Å². The number of hydrogen-bond donors (Lipinski definition) is 1. The van der Waals surface area contributed by atoms with Gasteiger partial charge in [-0.2, -0.15) is 0 Å². The zero-order valence-corrected chi connectivity index (χ0v) is 14.5. The third-order valence-electron chi connectivity index (χ3n) is 4.82. The van der Waals surface area contributed by atoms with Crippen LogP contribution in [-0.4, -0.2) is 25.2 Å². The molecule has 0 spiro atoms. The van der Waals surface area contributed by atoms with Crippen molar-refractivity contribution in [1.82, 2.24) is 5.32 Å². The predicted octanol–water partition coefficient (Wildman–Crippen LogP) is 2.65. The largest absolute Gasteiger partial charge is 0.454 e. The lowest BCUT2D eigenvalue weighted by Crippen LogP contribution is -2.34. The Morgan fingerprint density at radius 3 is 2.73 bits per heavy atom. The van der Waals surface area contributed by atoms with E-state index in [-0.39, 0.29) is 37.0 Å². The molecule has 2 atom stereocenters. The quantitative estimate of drug-likeness (QED) is 0.919. The number of amides is 2. The molecule has 2 aliphatic rings. The number of nitrogens with one attached hydrogen (secondary N) is 1. The fraction of sp³-hybridized carbons (Fsp3) is 0.300. The molecule has 26 heavy (non-hydrogen) atoms. The molecule has 0 saturated carbocycles. The summed E-state index contributed by atoms with van der Waals surface area (Å²) >= 11 is 0. The Bertz CT molecular complexity index is 837. The van der Waals surface area contributed by atoms with Gasteiger partial charge in [-0.1, -0.05) is 30.3 Å². The molecule has 2 aromatic carbocycles. The molecule has 2 aromatic rings. The summed E-state index contributed by atoms with van der Waals surface area (Å²) in [6, 6.07) is 15.1. The van der Waals surface area contributed by atoms with E-state index >= 15 is 0 Å². The second kappa shape index (κ2) is 6.71. The van der Waals surface area contributed by atoms with Gasteiger partial charge < -0.3 is 19.7 Å². The molecule has 2 heterocycles. The first kappa shape index (κ1) is 16.4. The van der Waals surface area contributed by atoms with Crippen LogP contribution in [0.2, 0.25) is 0 Å². The van der Waals surface area contributed by atoms with Crippen molar-refractivity contribution < 1.29 is 19.1 Å². The number of rotatable bonds is 4. The zero-order valence-electron chi connectivity index (χ0n) is 14.5.